The first-order chi connectivity index (χ1) is 12.8. The number of aromatic nitrogens is 5. The van der Waals surface area contributed by atoms with Crippen LogP contribution in [0.3, 0.4) is 0 Å². The van der Waals surface area contributed by atoms with Crippen molar-refractivity contribution in [3.63, 3.8) is 0 Å². The molecular formula is C18H21F3N6. The minimum atomic E-state index is -4.38. The number of halogens is 3. The van der Waals surface area contributed by atoms with Gasteiger partial charge in [-0.05, 0) is 37.4 Å². The second-order valence-electron chi connectivity index (χ2n) is 7.15. The number of aryl methyl sites for hydroxylation is 3. The molecule has 1 N–H and O–H groups in total. The predicted octanol–water partition coefficient (Wildman–Crippen LogP) is 2.84. The topological polar surface area (TPSA) is 60.6 Å². The van der Waals surface area contributed by atoms with Crippen LogP contribution < -0.4 is 5.32 Å². The van der Waals surface area contributed by atoms with Crippen molar-refractivity contribution in [2.24, 2.45) is 13.0 Å². The molecule has 144 valence electrons. The zero-order chi connectivity index (χ0) is 19.2. The van der Waals surface area contributed by atoms with E-state index in [0.29, 0.717) is 25.3 Å². The molecule has 27 heavy (non-hydrogen) atoms. The SMILES string of the molecule is Cc1nn(C)c2ncc(CNC[C@H]3CCc4nc(C(F)(F)F)cn4C3)cc12. The summed E-state index contributed by atoms with van der Waals surface area (Å²) in [4.78, 5) is 8.19. The Labute approximate surface area is 154 Å². The Kier molecular flexibility index (Phi) is 4.41. The van der Waals surface area contributed by atoms with E-state index in [0.717, 1.165) is 41.5 Å². The molecule has 0 aliphatic carbocycles. The van der Waals surface area contributed by atoms with Gasteiger partial charge in [-0.1, -0.05) is 0 Å². The van der Waals surface area contributed by atoms with Gasteiger partial charge in [0, 0.05) is 44.3 Å². The number of alkyl halides is 3. The lowest BCUT2D eigenvalue weighted by Gasteiger charge is -2.24. The van der Waals surface area contributed by atoms with E-state index in [9.17, 15) is 13.2 Å². The number of rotatable bonds is 4. The normalized spacial score (nSPS) is 17.4. The number of hydrogen-bond acceptors (Lipinski definition) is 4. The molecule has 0 amide bonds. The fourth-order valence-corrected chi connectivity index (χ4v) is 3.69. The Morgan fingerprint density at radius 2 is 2.15 bits per heavy atom. The molecule has 0 spiro atoms. The second kappa shape index (κ2) is 6.63. The molecular weight excluding hydrogens is 357 g/mol. The van der Waals surface area contributed by atoms with Gasteiger partial charge in [-0.2, -0.15) is 18.3 Å². The molecule has 0 aromatic carbocycles. The van der Waals surface area contributed by atoms with Crippen LogP contribution in [0.5, 0.6) is 0 Å². The van der Waals surface area contributed by atoms with Gasteiger partial charge >= 0.3 is 6.18 Å². The van der Waals surface area contributed by atoms with Crippen LogP contribution in [0.25, 0.3) is 11.0 Å². The van der Waals surface area contributed by atoms with Crippen molar-refractivity contribution in [1.29, 1.82) is 0 Å². The van der Waals surface area contributed by atoms with Gasteiger partial charge in [0.25, 0.3) is 0 Å². The van der Waals surface area contributed by atoms with Gasteiger partial charge in [-0.15, -0.1) is 0 Å². The first-order valence-electron chi connectivity index (χ1n) is 8.93. The molecule has 0 fully saturated rings. The molecule has 1 atom stereocenters. The molecule has 9 heteroatoms. The van der Waals surface area contributed by atoms with Crippen molar-refractivity contribution < 1.29 is 13.2 Å². The van der Waals surface area contributed by atoms with Crippen molar-refractivity contribution in [2.45, 2.75) is 39.0 Å². The van der Waals surface area contributed by atoms with E-state index in [4.69, 9.17) is 0 Å². The lowest BCUT2D eigenvalue weighted by Crippen LogP contribution is -2.29. The van der Waals surface area contributed by atoms with Crippen LogP contribution in [0.4, 0.5) is 13.2 Å². The summed E-state index contributed by atoms with van der Waals surface area (Å²) in [7, 11) is 1.87. The van der Waals surface area contributed by atoms with E-state index < -0.39 is 11.9 Å². The van der Waals surface area contributed by atoms with Crippen molar-refractivity contribution in [3.8, 4) is 0 Å². The van der Waals surface area contributed by atoms with E-state index in [1.54, 1.807) is 9.25 Å². The van der Waals surface area contributed by atoms with Gasteiger partial charge in [0.2, 0.25) is 0 Å². The molecule has 0 unspecified atom stereocenters. The number of nitrogens with one attached hydrogen (secondary N) is 1. The summed E-state index contributed by atoms with van der Waals surface area (Å²) < 4.78 is 41.8. The van der Waals surface area contributed by atoms with Gasteiger partial charge in [0.15, 0.2) is 11.3 Å². The monoisotopic (exact) mass is 378 g/mol. The molecule has 3 aromatic heterocycles. The van der Waals surface area contributed by atoms with Gasteiger partial charge in [0.05, 0.1) is 5.69 Å². The van der Waals surface area contributed by atoms with Gasteiger partial charge < -0.3 is 9.88 Å². The summed E-state index contributed by atoms with van der Waals surface area (Å²) >= 11 is 0. The minimum Gasteiger partial charge on any atom is -0.334 e. The molecule has 0 bridgehead atoms. The van der Waals surface area contributed by atoms with Gasteiger partial charge in [-0.25, -0.2) is 9.97 Å². The Morgan fingerprint density at radius 1 is 1.33 bits per heavy atom. The van der Waals surface area contributed by atoms with Crippen LogP contribution in [0.2, 0.25) is 0 Å². The summed E-state index contributed by atoms with van der Waals surface area (Å²) in [6.45, 7) is 3.92. The van der Waals surface area contributed by atoms with Crippen molar-refractivity contribution in [1.82, 2.24) is 29.6 Å². The smallest absolute Gasteiger partial charge is 0.334 e. The molecule has 1 aliphatic rings. The number of fused-ring (bicyclic) bond motifs is 2. The van der Waals surface area contributed by atoms with E-state index in [-0.39, 0.29) is 5.92 Å². The largest absolute Gasteiger partial charge is 0.434 e. The summed E-state index contributed by atoms with van der Waals surface area (Å²) in [6, 6.07) is 2.09. The molecule has 6 nitrogen and oxygen atoms in total. The highest BCUT2D eigenvalue weighted by Gasteiger charge is 2.35. The molecule has 1 aliphatic heterocycles. The van der Waals surface area contributed by atoms with E-state index in [1.165, 1.54) is 0 Å². The molecule has 3 aromatic rings. The fraction of sp³-hybridized carbons (Fsp3) is 0.500. The standard InChI is InChI=1S/C18H21F3N6/c1-11-14-5-13(8-23-17(14)26(2)25-11)7-22-6-12-3-4-16-24-15(18(19,20)21)10-27(16)9-12/h5,8,10,12,22H,3-4,6-7,9H2,1-2H3/t12-/m1/s1. The molecule has 4 heterocycles. The third-order valence-electron chi connectivity index (χ3n) is 5.06. The highest BCUT2D eigenvalue weighted by atomic mass is 19.4. The summed E-state index contributed by atoms with van der Waals surface area (Å²) in [6.07, 6.45) is -0.00921. The first-order valence-corrected chi connectivity index (χ1v) is 8.93. The zero-order valence-electron chi connectivity index (χ0n) is 15.2. The highest BCUT2D eigenvalue weighted by Crippen LogP contribution is 2.30. The van der Waals surface area contributed by atoms with Crippen LogP contribution in [0.1, 0.15) is 29.2 Å². The quantitative estimate of drug-likeness (QED) is 0.759. The van der Waals surface area contributed by atoms with Crippen LogP contribution in [-0.4, -0.2) is 30.9 Å². The number of hydrogen-bond donors (Lipinski definition) is 1. The Hall–Kier alpha value is -2.42. The average Bonchev–Trinajstić information content (AvgIpc) is 3.16. The maximum absolute atomic E-state index is 12.8. The second-order valence-corrected chi connectivity index (χ2v) is 7.15. The number of pyridine rings is 1. The van der Waals surface area contributed by atoms with Gasteiger partial charge in [0.1, 0.15) is 5.82 Å². The highest BCUT2D eigenvalue weighted by molar-refractivity contribution is 5.78. The van der Waals surface area contributed by atoms with Crippen molar-refractivity contribution >= 4 is 11.0 Å². The fourth-order valence-electron chi connectivity index (χ4n) is 3.69. The van der Waals surface area contributed by atoms with E-state index >= 15 is 0 Å². The average molecular weight is 378 g/mol. The molecule has 0 saturated heterocycles. The maximum atomic E-state index is 12.8. The summed E-state index contributed by atoms with van der Waals surface area (Å²) in [5, 5.41) is 8.82. The van der Waals surface area contributed by atoms with E-state index in [1.807, 2.05) is 20.2 Å². The van der Waals surface area contributed by atoms with E-state index in [2.05, 4.69) is 26.4 Å². The van der Waals surface area contributed by atoms with Crippen molar-refractivity contribution in [3.05, 3.63) is 41.2 Å². The molecule has 0 radical (unpaired) electrons. The third kappa shape index (κ3) is 3.55. The Bertz CT molecular complexity index is 972. The van der Waals surface area contributed by atoms with Crippen LogP contribution >= 0.6 is 0 Å². The lowest BCUT2D eigenvalue weighted by atomic mass is 9.99. The molecule has 4 rings (SSSR count). The van der Waals surface area contributed by atoms with Crippen LogP contribution in [0.15, 0.2) is 18.5 Å². The van der Waals surface area contributed by atoms with Crippen molar-refractivity contribution in [2.75, 3.05) is 6.54 Å². The number of nitrogens with zero attached hydrogens (tertiary/aromatic N) is 5. The minimum absolute atomic E-state index is 0.282. The maximum Gasteiger partial charge on any atom is 0.434 e. The predicted molar refractivity (Wildman–Crippen MR) is 94.0 cm³/mol. The number of imidazole rings is 1. The first kappa shape index (κ1) is 18.0. The summed E-state index contributed by atoms with van der Waals surface area (Å²) in [5.41, 5.74) is 2.08. The Balaban J connectivity index is 1.36. The molecule has 0 saturated carbocycles. The van der Waals surface area contributed by atoms with Crippen LogP contribution in [0, 0.1) is 12.8 Å². The van der Waals surface area contributed by atoms with Gasteiger partial charge in [-0.3, -0.25) is 4.68 Å². The summed E-state index contributed by atoms with van der Waals surface area (Å²) in [5.74, 6) is 0.810. The third-order valence-corrected chi connectivity index (χ3v) is 5.06. The van der Waals surface area contributed by atoms with Crippen LogP contribution in [-0.2, 0) is 32.7 Å². The lowest BCUT2D eigenvalue weighted by molar-refractivity contribution is -0.141. The zero-order valence-corrected chi connectivity index (χ0v) is 15.2. The Morgan fingerprint density at radius 3 is 2.93 bits per heavy atom.